The first kappa shape index (κ1) is 27.9. The molecular formula is C32H58O3. The maximum absolute atomic E-state index is 9.49. The number of ether oxygens (including phenoxy) is 2. The van der Waals surface area contributed by atoms with Gasteiger partial charge < -0.3 is 14.6 Å². The van der Waals surface area contributed by atoms with E-state index in [0.29, 0.717) is 35.6 Å². The van der Waals surface area contributed by atoms with Gasteiger partial charge in [0.2, 0.25) is 0 Å². The molecule has 0 heterocycles. The van der Waals surface area contributed by atoms with Gasteiger partial charge in [-0.3, -0.25) is 0 Å². The van der Waals surface area contributed by atoms with Gasteiger partial charge in [0.25, 0.3) is 0 Å². The second-order valence-corrected chi connectivity index (χ2v) is 13.6. The number of aliphatic hydroxyl groups excluding tert-OH is 1. The molecule has 4 rings (SSSR count). The van der Waals surface area contributed by atoms with Crippen molar-refractivity contribution in [1.29, 1.82) is 0 Å². The number of rotatable bonds is 12. The molecule has 0 aromatic rings. The fourth-order valence-corrected chi connectivity index (χ4v) is 9.89. The lowest BCUT2D eigenvalue weighted by Gasteiger charge is -2.63. The van der Waals surface area contributed by atoms with E-state index in [1.54, 1.807) is 0 Å². The van der Waals surface area contributed by atoms with Crippen LogP contribution in [0.2, 0.25) is 0 Å². The van der Waals surface area contributed by atoms with Crippen molar-refractivity contribution in [2.75, 3.05) is 19.8 Å². The molecule has 4 aliphatic rings. The molecule has 0 aliphatic heterocycles. The average molecular weight is 491 g/mol. The molecule has 204 valence electrons. The summed E-state index contributed by atoms with van der Waals surface area (Å²) in [6.07, 6.45) is 18.7. The maximum Gasteiger partial charge on any atom is 0.0637 e. The molecule has 0 spiro atoms. The molecule has 4 saturated carbocycles. The minimum absolute atomic E-state index is 0.313. The van der Waals surface area contributed by atoms with Crippen LogP contribution in [0.5, 0.6) is 0 Å². The second-order valence-electron chi connectivity index (χ2n) is 13.6. The van der Waals surface area contributed by atoms with Crippen LogP contribution in [0.4, 0.5) is 0 Å². The molecule has 10 atom stereocenters. The van der Waals surface area contributed by atoms with Gasteiger partial charge in [-0.25, -0.2) is 0 Å². The Balaban J connectivity index is 1.53. The fourth-order valence-electron chi connectivity index (χ4n) is 9.89. The van der Waals surface area contributed by atoms with E-state index in [0.717, 1.165) is 49.2 Å². The highest BCUT2D eigenvalue weighted by Gasteiger charge is 2.64. The summed E-state index contributed by atoms with van der Waals surface area (Å²) >= 11 is 0. The molecular weight excluding hydrogens is 432 g/mol. The summed E-state index contributed by atoms with van der Waals surface area (Å²) in [5, 5.41) is 9.49. The van der Waals surface area contributed by atoms with Crippen LogP contribution in [-0.2, 0) is 9.47 Å². The zero-order valence-corrected chi connectivity index (χ0v) is 23.9. The van der Waals surface area contributed by atoms with Gasteiger partial charge in [0.1, 0.15) is 0 Å². The predicted octanol–water partition coefficient (Wildman–Crippen LogP) is 8.03. The summed E-state index contributed by atoms with van der Waals surface area (Å²) in [6.45, 7) is 14.6. The van der Waals surface area contributed by atoms with Crippen LogP contribution in [0, 0.1) is 46.3 Å². The van der Waals surface area contributed by atoms with Gasteiger partial charge in [0, 0.05) is 19.8 Å². The van der Waals surface area contributed by atoms with E-state index in [4.69, 9.17) is 9.47 Å². The molecule has 0 amide bonds. The summed E-state index contributed by atoms with van der Waals surface area (Å²) in [7, 11) is 0. The monoisotopic (exact) mass is 490 g/mol. The lowest BCUT2D eigenvalue weighted by molar-refractivity contribution is -0.192. The van der Waals surface area contributed by atoms with Crippen LogP contribution >= 0.6 is 0 Å². The van der Waals surface area contributed by atoms with Gasteiger partial charge in [0.15, 0.2) is 0 Å². The number of hydrogen-bond donors (Lipinski definition) is 1. The highest BCUT2D eigenvalue weighted by atomic mass is 16.5. The van der Waals surface area contributed by atoms with E-state index < -0.39 is 0 Å². The molecule has 0 saturated heterocycles. The summed E-state index contributed by atoms with van der Waals surface area (Å²) in [4.78, 5) is 0. The van der Waals surface area contributed by atoms with Gasteiger partial charge in [-0.1, -0.05) is 47.5 Å². The Labute approximate surface area is 217 Å². The van der Waals surface area contributed by atoms with Crippen LogP contribution < -0.4 is 0 Å². The van der Waals surface area contributed by atoms with E-state index in [9.17, 15) is 5.11 Å². The molecule has 4 aliphatic carbocycles. The van der Waals surface area contributed by atoms with Crippen molar-refractivity contribution in [3.63, 3.8) is 0 Å². The molecule has 0 aromatic heterocycles. The molecule has 1 N–H and O–H groups in total. The molecule has 3 heteroatoms. The van der Waals surface area contributed by atoms with E-state index in [-0.39, 0.29) is 0 Å². The quantitative estimate of drug-likeness (QED) is 0.281. The number of unbranched alkanes of at least 4 members (excludes halogenated alkanes) is 2. The van der Waals surface area contributed by atoms with Crippen LogP contribution in [0.3, 0.4) is 0 Å². The van der Waals surface area contributed by atoms with Crippen molar-refractivity contribution in [1.82, 2.24) is 0 Å². The minimum atomic E-state index is 0.313. The smallest absolute Gasteiger partial charge is 0.0637 e. The van der Waals surface area contributed by atoms with Gasteiger partial charge in [-0.2, -0.15) is 0 Å². The molecule has 0 bridgehead atoms. The van der Waals surface area contributed by atoms with Crippen molar-refractivity contribution < 1.29 is 14.6 Å². The molecule has 0 aromatic carbocycles. The van der Waals surface area contributed by atoms with E-state index in [1.165, 1.54) is 83.5 Å². The first-order valence-corrected chi connectivity index (χ1v) is 15.7. The van der Waals surface area contributed by atoms with Gasteiger partial charge in [0.05, 0.1) is 12.2 Å². The van der Waals surface area contributed by atoms with Gasteiger partial charge in [-0.15, -0.1) is 0 Å². The largest absolute Gasteiger partial charge is 0.396 e. The summed E-state index contributed by atoms with van der Waals surface area (Å²) in [6, 6.07) is 0. The second kappa shape index (κ2) is 12.2. The first-order chi connectivity index (χ1) is 16.9. The predicted molar refractivity (Wildman–Crippen MR) is 145 cm³/mol. The molecule has 35 heavy (non-hydrogen) atoms. The lowest BCUT2D eigenvalue weighted by Crippen LogP contribution is -2.59. The molecule has 3 nitrogen and oxygen atoms in total. The Morgan fingerprint density at radius 1 is 0.857 bits per heavy atom. The molecule has 4 fully saturated rings. The summed E-state index contributed by atoms with van der Waals surface area (Å²) < 4.78 is 13.3. The highest BCUT2D eigenvalue weighted by molar-refractivity contribution is 5.13. The highest BCUT2D eigenvalue weighted by Crippen LogP contribution is 2.69. The standard InChI is InChI=1S/C32H58O3/c1-6-8-19-34-25-16-17-31(4)24(21-25)12-13-26-28-15-14-27(23(3)11-10-18-33)32(28,5)30(22-29(26)31)35-20-9-7-2/h23-30,33H,6-22H2,1-5H3/t23-,24-,25-,26+,27-,28+,29+,30+,31+,32-/m1/s1. The summed E-state index contributed by atoms with van der Waals surface area (Å²) in [5.41, 5.74) is 0.787. The van der Waals surface area contributed by atoms with Crippen LogP contribution in [0.15, 0.2) is 0 Å². The van der Waals surface area contributed by atoms with Crippen molar-refractivity contribution in [2.45, 2.75) is 137 Å². The van der Waals surface area contributed by atoms with Gasteiger partial charge in [-0.05, 0) is 123 Å². The maximum atomic E-state index is 9.49. The SMILES string of the molecule is CCCCO[C@@H]1CC[C@@]2(C)[C@H](CC[C@@H]3[C@@H]2C[C@H](OCCCC)[C@]2(C)[C@@H]([C@H](C)CCCO)CC[C@@H]32)C1. The lowest BCUT2D eigenvalue weighted by atomic mass is 9.43. The number of aliphatic hydroxyl groups is 1. The van der Waals surface area contributed by atoms with E-state index in [1.807, 2.05) is 0 Å². The van der Waals surface area contributed by atoms with Crippen molar-refractivity contribution >= 4 is 0 Å². The Hall–Kier alpha value is -0.120. The summed E-state index contributed by atoms with van der Waals surface area (Å²) in [5.74, 6) is 4.82. The van der Waals surface area contributed by atoms with E-state index in [2.05, 4.69) is 34.6 Å². The Kier molecular flexibility index (Phi) is 9.70. The van der Waals surface area contributed by atoms with E-state index >= 15 is 0 Å². The van der Waals surface area contributed by atoms with Crippen molar-refractivity contribution in [3.8, 4) is 0 Å². The normalized spacial score (nSPS) is 43.9. The van der Waals surface area contributed by atoms with Crippen LogP contribution in [0.25, 0.3) is 0 Å². The molecule has 0 radical (unpaired) electrons. The first-order valence-electron chi connectivity index (χ1n) is 15.7. The zero-order chi connectivity index (χ0) is 25.1. The van der Waals surface area contributed by atoms with Crippen molar-refractivity contribution in [2.24, 2.45) is 46.3 Å². The third-order valence-electron chi connectivity index (χ3n) is 11.9. The van der Waals surface area contributed by atoms with Crippen LogP contribution in [0.1, 0.15) is 125 Å². The third-order valence-corrected chi connectivity index (χ3v) is 11.9. The zero-order valence-electron chi connectivity index (χ0n) is 23.9. The molecule has 0 unspecified atom stereocenters. The topological polar surface area (TPSA) is 38.7 Å². The Morgan fingerprint density at radius 3 is 2.31 bits per heavy atom. The van der Waals surface area contributed by atoms with Crippen LogP contribution in [-0.4, -0.2) is 37.1 Å². The Bertz CT molecular complexity index is 651. The average Bonchev–Trinajstić information content (AvgIpc) is 3.21. The van der Waals surface area contributed by atoms with Gasteiger partial charge >= 0.3 is 0 Å². The Morgan fingerprint density at radius 2 is 1.60 bits per heavy atom. The number of hydrogen-bond acceptors (Lipinski definition) is 3. The fraction of sp³-hybridized carbons (Fsp3) is 1.00. The third kappa shape index (κ3) is 5.40. The van der Waals surface area contributed by atoms with Crippen molar-refractivity contribution in [3.05, 3.63) is 0 Å². The minimum Gasteiger partial charge on any atom is -0.396 e. The number of fused-ring (bicyclic) bond motifs is 5.